The van der Waals surface area contributed by atoms with Crippen molar-refractivity contribution >= 4 is 11.3 Å². The molecule has 1 aliphatic heterocycles. The molecule has 1 aliphatic rings. The maximum atomic E-state index is 4.07. The molecule has 0 aliphatic carbocycles. The number of aromatic nitrogens is 1. The van der Waals surface area contributed by atoms with Crippen molar-refractivity contribution in [2.75, 3.05) is 13.1 Å². The fraction of sp³-hybridized carbons (Fsp3) is 0.727. The van der Waals surface area contributed by atoms with Crippen LogP contribution < -0.4 is 10.6 Å². The zero-order chi connectivity index (χ0) is 10.5. The second-order valence-corrected chi connectivity index (χ2v) is 5.32. The summed E-state index contributed by atoms with van der Waals surface area (Å²) in [6, 6.07) is 0.689. The van der Waals surface area contributed by atoms with Gasteiger partial charge in [0, 0.05) is 23.7 Å². The minimum atomic E-state index is 0.689. The Morgan fingerprint density at radius 2 is 2.60 bits per heavy atom. The van der Waals surface area contributed by atoms with Gasteiger partial charge in [0.2, 0.25) is 0 Å². The van der Waals surface area contributed by atoms with E-state index in [-0.39, 0.29) is 0 Å². The molecule has 2 rings (SSSR count). The highest BCUT2D eigenvalue weighted by atomic mass is 32.1. The minimum absolute atomic E-state index is 0.689. The van der Waals surface area contributed by atoms with Crippen molar-refractivity contribution < 1.29 is 0 Å². The molecule has 84 valence electrons. The first-order valence-electron chi connectivity index (χ1n) is 5.66. The van der Waals surface area contributed by atoms with Crippen LogP contribution >= 0.6 is 11.3 Å². The molecule has 1 saturated heterocycles. The molecule has 15 heavy (non-hydrogen) atoms. The fourth-order valence-electron chi connectivity index (χ4n) is 2.15. The average Bonchev–Trinajstić information content (AvgIpc) is 2.71. The van der Waals surface area contributed by atoms with Crippen LogP contribution in [0.25, 0.3) is 0 Å². The highest BCUT2D eigenvalue weighted by Gasteiger charge is 2.17. The Labute approximate surface area is 95.3 Å². The van der Waals surface area contributed by atoms with Crippen LogP contribution in [0.15, 0.2) is 11.7 Å². The second kappa shape index (κ2) is 5.58. The van der Waals surface area contributed by atoms with Gasteiger partial charge in [0.1, 0.15) is 0 Å². The van der Waals surface area contributed by atoms with Crippen molar-refractivity contribution in [3.63, 3.8) is 0 Å². The molecule has 4 heteroatoms. The Kier molecular flexibility index (Phi) is 4.11. The summed E-state index contributed by atoms with van der Waals surface area (Å²) in [7, 11) is 0. The van der Waals surface area contributed by atoms with E-state index in [9.17, 15) is 0 Å². The van der Waals surface area contributed by atoms with Crippen LogP contribution in [-0.2, 0) is 6.54 Å². The number of piperidine rings is 1. The summed E-state index contributed by atoms with van der Waals surface area (Å²) in [5.74, 6) is 0.842. The average molecular weight is 225 g/mol. The van der Waals surface area contributed by atoms with Gasteiger partial charge in [-0.2, -0.15) is 0 Å². The van der Waals surface area contributed by atoms with Crippen LogP contribution in [0.5, 0.6) is 0 Å². The highest BCUT2D eigenvalue weighted by molar-refractivity contribution is 7.09. The largest absolute Gasteiger partial charge is 0.314 e. The number of nitrogens with one attached hydrogen (secondary N) is 2. The summed E-state index contributed by atoms with van der Waals surface area (Å²) in [5.41, 5.74) is 1.89. The van der Waals surface area contributed by atoms with E-state index < -0.39 is 0 Å². The van der Waals surface area contributed by atoms with E-state index in [4.69, 9.17) is 0 Å². The molecular formula is C11H19N3S. The third kappa shape index (κ3) is 3.55. The number of hydrogen-bond donors (Lipinski definition) is 2. The van der Waals surface area contributed by atoms with Crippen molar-refractivity contribution in [1.29, 1.82) is 0 Å². The van der Waals surface area contributed by atoms with Gasteiger partial charge in [0.25, 0.3) is 0 Å². The molecule has 0 aromatic carbocycles. The third-order valence-corrected chi connectivity index (χ3v) is 3.73. The van der Waals surface area contributed by atoms with Crippen LogP contribution in [0.2, 0.25) is 0 Å². The number of nitrogens with zero attached hydrogens (tertiary/aromatic N) is 1. The van der Waals surface area contributed by atoms with Crippen LogP contribution in [0.3, 0.4) is 0 Å². The highest BCUT2D eigenvalue weighted by Crippen LogP contribution is 2.15. The molecular weight excluding hydrogens is 206 g/mol. The first-order valence-corrected chi connectivity index (χ1v) is 6.54. The van der Waals surface area contributed by atoms with Crippen LogP contribution in [0, 0.1) is 5.92 Å². The molecule has 2 N–H and O–H groups in total. The van der Waals surface area contributed by atoms with Gasteiger partial charge in [0.15, 0.2) is 0 Å². The third-order valence-electron chi connectivity index (χ3n) is 2.95. The maximum absolute atomic E-state index is 4.07. The minimum Gasteiger partial charge on any atom is -0.314 e. The van der Waals surface area contributed by atoms with E-state index in [2.05, 4.69) is 22.5 Å². The summed E-state index contributed by atoms with van der Waals surface area (Å²) in [6.07, 6.45) is 4.55. The van der Waals surface area contributed by atoms with Gasteiger partial charge in [-0.1, -0.05) is 0 Å². The van der Waals surface area contributed by atoms with E-state index >= 15 is 0 Å². The van der Waals surface area contributed by atoms with E-state index in [1.165, 1.54) is 24.3 Å². The lowest BCUT2D eigenvalue weighted by Gasteiger charge is -2.28. The van der Waals surface area contributed by atoms with Crippen molar-refractivity contribution in [2.24, 2.45) is 5.92 Å². The smallest absolute Gasteiger partial charge is 0.0794 e. The van der Waals surface area contributed by atoms with Gasteiger partial charge in [0.05, 0.1) is 5.51 Å². The SMILES string of the molecule is CC1CC(CNCc2cncs2)CCN1. The molecule has 0 spiro atoms. The molecule has 1 aromatic rings. The number of thiazole rings is 1. The molecule has 2 unspecified atom stereocenters. The lowest BCUT2D eigenvalue weighted by molar-refractivity contribution is 0.304. The normalized spacial score (nSPS) is 26.7. The predicted molar refractivity (Wildman–Crippen MR) is 64.0 cm³/mol. The first-order chi connectivity index (χ1) is 7.34. The standard InChI is InChI=1S/C11H19N3S/c1-9-4-10(2-3-14-9)5-12-6-11-7-13-8-15-11/h7-10,12,14H,2-6H2,1H3. The molecule has 0 bridgehead atoms. The molecule has 0 radical (unpaired) electrons. The Balaban J connectivity index is 1.65. The van der Waals surface area contributed by atoms with Gasteiger partial charge >= 0.3 is 0 Å². The summed E-state index contributed by atoms with van der Waals surface area (Å²) in [6.45, 7) is 5.57. The van der Waals surface area contributed by atoms with Crippen LogP contribution in [-0.4, -0.2) is 24.1 Å². The quantitative estimate of drug-likeness (QED) is 0.817. The molecule has 0 amide bonds. The van der Waals surface area contributed by atoms with Crippen molar-refractivity contribution in [2.45, 2.75) is 32.4 Å². The fourth-order valence-corrected chi connectivity index (χ4v) is 2.71. The lowest BCUT2D eigenvalue weighted by Crippen LogP contribution is -2.39. The van der Waals surface area contributed by atoms with E-state index in [0.29, 0.717) is 6.04 Å². The van der Waals surface area contributed by atoms with Crippen LogP contribution in [0.1, 0.15) is 24.6 Å². The Morgan fingerprint density at radius 3 is 3.33 bits per heavy atom. The molecule has 3 nitrogen and oxygen atoms in total. The summed E-state index contributed by atoms with van der Waals surface area (Å²) in [4.78, 5) is 5.40. The summed E-state index contributed by atoms with van der Waals surface area (Å²) < 4.78 is 0. The van der Waals surface area contributed by atoms with Crippen LogP contribution in [0.4, 0.5) is 0 Å². The van der Waals surface area contributed by atoms with Crippen molar-refractivity contribution in [3.05, 3.63) is 16.6 Å². The van der Waals surface area contributed by atoms with Gasteiger partial charge in [-0.05, 0) is 38.8 Å². The van der Waals surface area contributed by atoms with Gasteiger partial charge in [-0.25, -0.2) is 0 Å². The Morgan fingerprint density at radius 1 is 1.67 bits per heavy atom. The predicted octanol–water partition coefficient (Wildman–Crippen LogP) is 1.62. The lowest BCUT2D eigenvalue weighted by atomic mass is 9.93. The van der Waals surface area contributed by atoms with Gasteiger partial charge in [-0.15, -0.1) is 11.3 Å². The molecule has 2 atom stereocenters. The number of rotatable bonds is 4. The second-order valence-electron chi connectivity index (χ2n) is 4.34. The Bertz CT molecular complexity index is 273. The summed E-state index contributed by atoms with van der Waals surface area (Å²) in [5, 5.41) is 7.00. The van der Waals surface area contributed by atoms with E-state index in [0.717, 1.165) is 19.0 Å². The van der Waals surface area contributed by atoms with E-state index in [1.54, 1.807) is 11.3 Å². The van der Waals surface area contributed by atoms with Gasteiger partial charge < -0.3 is 10.6 Å². The molecule has 1 aromatic heterocycles. The maximum Gasteiger partial charge on any atom is 0.0794 e. The number of hydrogen-bond acceptors (Lipinski definition) is 4. The topological polar surface area (TPSA) is 37.0 Å². The zero-order valence-corrected chi connectivity index (χ0v) is 10.0. The van der Waals surface area contributed by atoms with Crippen molar-refractivity contribution in [3.8, 4) is 0 Å². The monoisotopic (exact) mass is 225 g/mol. The molecule has 2 heterocycles. The summed E-state index contributed by atoms with van der Waals surface area (Å²) >= 11 is 1.72. The molecule has 0 saturated carbocycles. The van der Waals surface area contributed by atoms with E-state index in [1.807, 2.05) is 11.7 Å². The van der Waals surface area contributed by atoms with Crippen molar-refractivity contribution in [1.82, 2.24) is 15.6 Å². The zero-order valence-electron chi connectivity index (χ0n) is 9.20. The Hall–Kier alpha value is -0.450. The first kappa shape index (κ1) is 11.0. The van der Waals surface area contributed by atoms with Gasteiger partial charge in [-0.3, -0.25) is 4.98 Å². The molecule has 1 fully saturated rings.